The molecule has 0 saturated heterocycles. The average Bonchev–Trinajstić information content (AvgIpc) is 3.36. The van der Waals surface area contributed by atoms with Crippen molar-refractivity contribution in [3.05, 3.63) is 132 Å². The van der Waals surface area contributed by atoms with Gasteiger partial charge in [0, 0.05) is 17.6 Å². The summed E-state index contributed by atoms with van der Waals surface area (Å²) in [5.74, 6) is -2.06. The molecule has 0 spiro atoms. The van der Waals surface area contributed by atoms with Gasteiger partial charge in [0.15, 0.2) is 0 Å². The summed E-state index contributed by atoms with van der Waals surface area (Å²) >= 11 is 0. The van der Waals surface area contributed by atoms with E-state index < -0.39 is 55.2 Å². The van der Waals surface area contributed by atoms with E-state index in [1.807, 2.05) is 26.0 Å². The van der Waals surface area contributed by atoms with Crippen LogP contribution in [0.3, 0.4) is 0 Å². The largest absolute Gasteiger partial charge is 0.516 e. The molecule has 53 heavy (non-hydrogen) atoms. The molecule has 0 saturated carbocycles. The van der Waals surface area contributed by atoms with Gasteiger partial charge in [-0.3, -0.25) is 0 Å². The summed E-state index contributed by atoms with van der Waals surface area (Å²) in [6.45, 7) is 9.13. The van der Waals surface area contributed by atoms with Crippen molar-refractivity contribution in [3.8, 4) is 34.1 Å². The van der Waals surface area contributed by atoms with Crippen molar-refractivity contribution < 1.29 is 66.7 Å². The zero-order valence-corrected chi connectivity index (χ0v) is 28.3. The van der Waals surface area contributed by atoms with Gasteiger partial charge in [-0.1, -0.05) is 39.1 Å². The van der Waals surface area contributed by atoms with Gasteiger partial charge >= 0.3 is 36.2 Å². The van der Waals surface area contributed by atoms with Crippen molar-refractivity contribution in [1.82, 2.24) is 0 Å². The fraction of sp³-hybridized carbons (Fsp3) is 0.128. The van der Waals surface area contributed by atoms with Crippen molar-refractivity contribution in [2.45, 2.75) is 19.3 Å². The molecular formula is C39H30O14. The van der Waals surface area contributed by atoms with Crippen LogP contribution in [-0.2, 0) is 34.0 Å². The lowest BCUT2D eigenvalue weighted by Gasteiger charge is -2.22. The molecule has 0 heterocycles. The molecule has 14 heteroatoms. The minimum atomic E-state index is -1.11. The zero-order chi connectivity index (χ0) is 38.1. The molecule has 0 unspecified atom stereocenters. The summed E-state index contributed by atoms with van der Waals surface area (Å²) in [6, 6.07) is 21.7. The van der Waals surface area contributed by atoms with E-state index in [1.54, 1.807) is 24.3 Å². The number of esters is 4. The summed E-state index contributed by atoms with van der Waals surface area (Å²) < 4.78 is 39.6. The van der Waals surface area contributed by atoms with Crippen molar-refractivity contribution in [2.24, 2.45) is 0 Å². The van der Waals surface area contributed by atoms with Crippen LogP contribution in [0.15, 0.2) is 110 Å². The van der Waals surface area contributed by atoms with Gasteiger partial charge in [0.2, 0.25) is 13.6 Å². The van der Waals surface area contributed by atoms with E-state index in [-0.39, 0.29) is 22.6 Å². The standard InChI is InChI=1S/C39H30O14/c1-5-33(40)46-21-48-37(44)52-25-11-7-23(8-12-25)35(42)50-27-15-17-29-30-18-16-28(20-32(30)39(3,4)31(29)19-27)51-36(43)24-9-13-26(14-10-24)53-38(45)49-22-47-34(41)6-2/h5-20H,1-2,21-22H2,3-4H3. The van der Waals surface area contributed by atoms with Gasteiger partial charge < -0.3 is 37.9 Å². The van der Waals surface area contributed by atoms with E-state index in [0.29, 0.717) is 11.5 Å². The number of ether oxygens (including phenoxy) is 8. The second-order valence-electron chi connectivity index (χ2n) is 11.4. The predicted octanol–water partition coefficient (Wildman–Crippen LogP) is 6.84. The van der Waals surface area contributed by atoms with Crippen LogP contribution in [-0.4, -0.2) is 49.8 Å². The highest BCUT2D eigenvalue weighted by molar-refractivity contribution is 5.93. The Morgan fingerprint density at radius 1 is 0.509 bits per heavy atom. The molecule has 0 atom stereocenters. The third kappa shape index (κ3) is 9.12. The molecule has 0 N–H and O–H groups in total. The second kappa shape index (κ2) is 16.2. The fourth-order valence-corrected chi connectivity index (χ4v) is 5.11. The topological polar surface area (TPSA) is 176 Å². The van der Waals surface area contributed by atoms with Crippen molar-refractivity contribution in [3.63, 3.8) is 0 Å². The highest BCUT2D eigenvalue weighted by atomic mass is 16.8. The molecule has 0 aliphatic heterocycles. The molecule has 0 amide bonds. The first-order valence-electron chi connectivity index (χ1n) is 15.6. The number of rotatable bonds is 12. The summed E-state index contributed by atoms with van der Waals surface area (Å²) in [4.78, 5) is 71.5. The minimum Gasteiger partial charge on any atom is -0.425 e. The molecule has 4 aromatic rings. The lowest BCUT2D eigenvalue weighted by atomic mass is 9.82. The van der Waals surface area contributed by atoms with Gasteiger partial charge in [-0.25, -0.2) is 28.8 Å². The highest BCUT2D eigenvalue weighted by Crippen LogP contribution is 2.50. The molecule has 0 fully saturated rings. The number of hydrogen-bond donors (Lipinski definition) is 0. The summed E-state index contributed by atoms with van der Waals surface area (Å²) in [6.07, 6.45) is -0.401. The molecular weight excluding hydrogens is 692 g/mol. The van der Waals surface area contributed by atoms with Gasteiger partial charge in [0.1, 0.15) is 23.0 Å². The SMILES string of the molecule is C=CC(=O)OCOC(=O)Oc1ccc(C(=O)Oc2ccc3c(c2)C(C)(C)c2cc(OC(=O)c4ccc(OC(=O)OCOC(=O)C=C)cc4)ccc2-3)cc1. The minimum absolute atomic E-state index is 0.0818. The Balaban J connectivity index is 1.18. The molecule has 1 aliphatic carbocycles. The molecule has 4 aromatic carbocycles. The molecule has 270 valence electrons. The van der Waals surface area contributed by atoms with E-state index in [9.17, 15) is 28.8 Å². The van der Waals surface area contributed by atoms with Gasteiger partial charge in [-0.05, 0) is 95.1 Å². The molecule has 0 radical (unpaired) electrons. The quantitative estimate of drug-likeness (QED) is 0.0488. The van der Waals surface area contributed by atoms with Crippen LogP contribution in [0.5, 0.6) is 23.0 Å². The lowest BCUT2D eigenvalue weighted by molar-refractivity contribution is -0.147. The van der Waals surface area contributed by atoms with Crippen LogP contribution in [0.1, 0.15) is 45.7 Å². The number of hydrogen-bond acceptors (Lipinski definition) is 14. The number of benzene rings is 4. The van der Waals surface area contributed by atoms with E-state index in [4.69, 9.17) is 18.9 Å². The summed E-state index contributed by atoms with van der Waals surface area (Å²) in [7, 11) is 0. The normalized spacial score (nSPS) is 11.7. The van der Waals surface area contributed by atoms with E-state index >= 15 is 0 Å². The van der Waals surface area contributed by atoms with Crippen LogP contribution in [0, 0.1) is 0 Å². The van der Waals surface area contributed by atoms with Crippen LogP contribution in [0.25, 0.3) is 11.1 Å². The Morgan fingerprint density at radius 2 is 0.868 bits per heavy atom. The number of fused-ring (bicyclic) bond motifs is 3. The molecule has 0 bridgehead atoms. The van der Waals surface area contributed by atoms with Crippen molar-refractivity contribution >= 4 is 36.2 Å². The van der Waals surface area contributed by atoms with E-state index in [1.165, 1.54) is 48.5 Å². The summed E-state index contributed by atoms with van der Waals surface area (Å²) in [5, 5.41) is 0. The Labute approximate surface area is 302 Å². The monoisotopic (exact) mass is 722 g/mol. The molecule has 1 aliphatic rings. The van der Waals surface area contributed by atoms with Crippen LogP contribution >= 0.6 is 0 Å². The Kier molecular flexibility index (Phi) is 11.3. The van der Waals surface area contributed by atoms with Gasteiger partial charge in [0.25, 0.3) is 0 Å². The lowest BCUT2D eigenvalue weighted by Crippen LogP contribution is -2.16. The number of carbonyl (C=O) groups excluding carboxylic acids is 6. The zero-order valence-electron chi connectivity index (χ0n) is 28.3. The maximum Gasteiger partial charge on any atom is 0.516 e. The first-order valence-corrected chi connectivity index (χ1v) is 15.6. The fourth-order valence-electron chi connectivity index (χ4n) is 5.11. The predicted molar refractivity (Wildman–Crippen MR) is 183 cm³/mol. The average molecular weight is 723 g/mol. The third-order valence-electron chi connectivity index (χ3n) is 7.71. The van der Waals surface area contributed by atoms with Gasteiger partial charge in [-0.15, -0.1) is 0 Å². The highest BCUT2D eigenvalue weighted by Gasteiger charge is 2.36. The Morgan fingerprint density at radius 3 is 1.23 bits per heavy atom. The number of carbonyl (C=O) groups is 6. The first kappa shape index (κ1) is 37.0. The van der Waals surface area contributed by atoms with E-state index in [2.05, 4.69) is 32.1 Å². The second-order valence-corrected chi connectivity index (χ2v) is 11.4. The maximum atomic E-state index is 13.0. The Bertz CT molecular complexity index is 1950. The first-order chi connectivity index (χ1) is 25.4. The van der Waals surface area contributed by atoms with Gasteiger partial charge in [-0.2, -0.15) is 0 Å². The van der Waals surface area contributed by atoms with Crippen LogP contribution in [0.2, 0.25) is 0 Å². The Hall–Kier alpha value is -7.22. The maximum absolute atomic E-state index is 13.0. The van der Waals surface area contributed by atoms with E-state index in [0.717, 1.165) is 34.4 Å². The van der Waals surface area contributed by atoms with Gasteiger partial charge in [0.05, 0.1) is 11.1 Å². The smallest absolute Gasteiger partial charge is 0.425 e. The third-order valence-corrected chi connectivity index (χ3v) is 7.71. The molecule has 14 nitrogen and oxygen atoms in total. The van der Waals surface area contributed by atoms with Crippen molar-refractivity contribution in [2.75, 3.05) is 13.6 Å². The summed E-state index contributed by atoms with van der Waals surface area (Å²) in [5.41, 5.74) is 3.42. The molecule has 5 rings (SSSR count). The van der Waals surface area contributed by atoms with Crippen LogP contribution in [0.4, 0.5) is 9.59 Å². The molecule has 0 aromatic heterocycles. The van der Waals surface area contributed by atoms with Crippen LogP contribution < -0.4 is 18.9 Å². The van der Waals surface area contributed by atoms with Crippen molar-refractivity contribution in [1.29, 1.82) is 0 Å².